The van der Waals surface area contributed by atoms with Gasteiger partial charge in [-0.05, 0) is 39.0 Å². The highest BCUT2D eigenvalue weighted by molar-refractivity contribution is 6.04. The molecular formula is C31H30N6O3. The molecule has 2 aromatic heterocycles. The highest BCUT2D eigenvalue weighted by atomic mass is 16.6. The Kier molecular flexibility index (Phi) is 6.21. The van der Waals surface area contributed by atoms with E-state index in [4.69, 9.17) is 9.84 Å². The summed E-state index contributed by atoms with van der Waals surface area (Å²) >= 11 is 0. The number of aromatic nitrogens is 5. The molecule has 1 amide bonds. The summed E-state index contributed by atoms with van der Waals surface area (Å²) in [5, 5.41) is 14.9. The highest BCUT2D eigenvalue weighted by Crippen LogP contribution is 2.38. The summed E-state index contributed by atoms with van der Waals surface area (Å²) in [6.07, 6.45) is 0.284. The fourth-order valence-electron chi connectivity index (χ4n) is 5.31. The minimum atomic E-state index is -0.752. The van der Waals surface area contributed by atoms with E-state index in [1.165, 1.54) is 4.90 Å². The Morgan fingerprint density at radius 1 is 0.900 bits per heavy atom. The molecule has 0 aliphatic carbocycles. The molecular weight excluding hydrogens is 504 g/mol. The number of rotatable bonds is 5. The van der Waals surface area contributed by atoms with Gasteiger partial charge in [-0.2, -0.15) is 5.10 Å². The number of amides is 1. The maximum absolute atomic E-state index is 14.5. The van der Waals surface area contributed by atoms with Gasteiger partial charge in [0.05, 0.1) is 22.6 Å². The van der Waals surface area contributed by atoms with Crippen molar-refractivity contribution in [2.45, 2.75) is 38.7 Å². The predicted molar refractivity (Wildman–Crippen MR) is 152 cm³/mol. The van der Waals surface area contributed by atoms with Gasteiger partial charge in [-0.3, -0.25) is 23.7 Å². The zero-order valence-corrected chi connectivity index (χ0v) is 22.9. The second-order valence-electron chi connectivity index (χ2n) is 10.9. The van der Waals surface area contributed by atoms with E-state index >= 15 is 0 Å². The van der Waals surface area contributed by atoms with Crippen molar-refractivity contribution in [3.05, 3.63) is 90.4 Å². The lowest BCUT2D eigenvalue weighted by Crippen LogP contribution is -2.41. The first kappa shape index (κ1) is 25.5. The van der Waals surface area contributed by atoms with Gasteiger partial charge in [0, 0.05) is 24.4 Å². The van der Waals surface area contributed by atoms with E-state index < -0.39 is 17.5 Å². The molecule has 5 aromatic rings. The van der Waals surface area contributed by atoms with Crippen molar-refractivity contribution in [2.75, 3.05) is 11.4 Å². The van der Waals surface area contributed by atoms with Crippen molar-refractivity contribution < 1.29 is 14.3 Å². The molecule has 202 valence electrons. The van der Waals surface area contributed by atoms with Crippen LogP contribution in [0.5, 0.6) is 0 Å². The number of aryl methyl sites for hydroxylation is 1. The Morgan fingerprint density at radius 3 is 2.33 bits per heavy atom. The molecule has 0 N–H and O–H groups in total. The molecule has 1 atom stereocenters. The number of benzene rings is 3. The van der Waals surface area contributed by atoms with Gasteiger partial charge >= 0.3 is 5.97 Å². The first-order chi connectivity index (χ1) is 19.2. The summed E-state index contributed by atoms with van der Waals surface area (Å²) in [4.78, 5) is 29.1. The zero-order chi connectivity index (χ0) is 28.0. The maximum atomic E-state index is 14.5. The van der Waals surface area contributed by atoms with Crippen molar-refractivity contribution in [3.63, 3.8) is 0 Å². The number of nitrogens with zero attached hydrogens (tertiary/aromatic N) is 6. The van der Waals surface area contributed by atoms with Crippen molar-refractivity contribution in [3.8, 4) is 17.1 Å². The van der Waals surface area contributed by atoms with Crippen molar-refractivity contribution in [2.24, 2.45) is 7.05 Å². The number of ether oxygens (including phenoxy) is 1. The molecule has 3 aromatic carbocycles. The number of anilines is 1. The summed E-state index contributed by atoms with van der Waals surface area (Å²) in [7, 11) is 1.89. The standard InChI is InChI=1S/C31H30N6O3/c1-31(2,3)40-27(38)19-36-25-16-10-11-17-26(25)37-28(20-12-6-5-7-13-20)32-33-29(37)22(30(36)39)18-23-21-14-8-9-15-24(21)35(4)34-23/h5-17,22H,18-19H2,1-4H3. The van der Waals surface area contributed by atoms with Crippen LogP contribution in [-0.2, 0) is 27.8 Å². The quantitative estimate of drug-likeness (QED) is 0.300. The van der Waals surface area contributed by atoms with Crippen LogP contribution in [0.3, 0.4) is 0 Å². The third kappa shape index (κ3) is 4.53. The van der Waals surface area contributed by atoms with Gasteiger partial charge < -0.3 is 4.74 Å². The normalized spacial score (nSPS) is 15.1. The molecule has 0 bridgehead atoms. The summed E-state index contributed by atoms with van der Waals surface area (Å²) < 4.78 is 9.38. The van der Waals surface area contributed by atoms with E-state index in [-0.39, 0.29) is 18.9 Å². The summed E-state index contributed by atoms with van der Waals surface area (Å²) in [6.45, 7) is 5.20. The molecule has 0 spiro atoms. The fourth-order valence-corrected chi connectivity index (χ4v) is 5.31. The minimum absolute atomic E-state index is 0.231. The van der Waals surface area contributed by atoms with E-state index in [1.807, 2.05) is 116 Å². The van der Waals surface area contributed by atoms with Gasteiger partial charge in [-0.1, -0.05) is 60.7 Å². The molecule has 0 radical (unpaired) electrons. The molecule has 9 nitrogen and oxygen atoms in total. The number of carbonyl (C=O) groups excluding carboxylic acids is 2. The highest BCUT2D eigenvalue weighted by Gasteiger charge is 2.39. The van der Waals surface area contributed by atoms with E-state index in [1.54, 1.807) is 0 Å². The molecule has 1 unspecified atom stereocenters. The second kappa shape index (κ2) is 9.75. The molecule has 0 fully saturated rings. The molecule has 40 heavy (non-hydrogen) atoms. The third-order valence-corrected chi connectivity index (χ3v) is 6.95. The molecule has 0 saturated heterocycles. The lowest BCUT2D eigenvalue weighted by molar-refractivity contribution is -0.153. The third-order valence-electron chi connectivity index (χ3n) is 6.95. The lowest BCUT2D eigenvalue weighted by atomic mass is 9.98. The summed E-state index contributed by atoms with van der Waals surface area (Å²) in [5.74, 6) is -0.390. The monoisotopic (exact) mass is 534 g/mol. The smallest absolute Gasteiger partial charge is 0.326 e. The number of fused-ring (bicyclic) bond motifs is 4. The number of carbonyl (C=O) groups is 2. The zero-order valence-electron chi connectivity index (χ0n) is 22.9. The van der Waals surface area contributed by atoms with Crippen LogP contribution in [0.1, 0.15) is 38.2 Å². The van der Waals surface area contributed by atoms with Crippen LogP contribution < -0.4 is 4.90 Å². The van der Waals surface area contributed by atoms with Crippen LogP contribution in [-0.4, -0.2) is 48.6 Å². The summed E-state index contributed by atoms with van der Waals surface area (Å²) in [6, 6.07) is 25.2. The maximum Gasteiger partial charge on any atom is 0.326 e. The van der Waals surface area contributed by atoms with Crippen LogP contribution in [0.25, 0.3) is 28.0 Å². The predicted octanol–water partition coefficient (Wildman–Crippen LogP) is 4.84. The Hall–Kier alpha value is -4.79. The number of esters is 1. The Labute approximate surface area is 232 Å². The number of hydrogen-bond acceptors (Lipinski definition) is 6. The average Bonchev–Trinajstić information content (AvgIpc) is 3.48. The molecule has 0 saturated carbocycles. The molecule has 9 heteroatoms. The summed E-state index contributed by atoms with van der Waals surface area (Å²) in [5.41, 5.74) is 3.23. The molecule has 3 heterocycles. The van der Waals surface area contributed by atoms with Crippen molar-refractivity contribution in [1.29, 1.82) is 0 Å². The van der Waals surface area contributed by atoms with Gasteiger partial charge in [-0.15, -0.1) is 10.2 Å². The van der Waals surface area contributed by atoms with Gasteiger partial charge in [0.25, 0.3) is 0 Å². The van der Waals surface area contributed by atoms with E-state index in [0.29, 0.717) is 23.0 Å². The van der Waals surface area contributed by atoms with Crippen LogP contribution in [0.4, 0.5) is 5.69 Å². The molecule has 6 rings (SSSR count). The Bertz CT molecular complexity index is 1730. The fraction of sp³-hybridized carbons (Fsp3) is 0.258. The van der Waals surface area contributed by atoms with Crippen LogP contribution >= 0.6 is 0 Å². The van der Waals surface area contributed by atoms with E-state index in [9.17, 15) is 9.59 Å². The van der Waals surface area contributed by atoms with Crippen LogP contribution in [0, 0.1) is 0 Å². The van der Waals surface area contributed by atoms with Gasteiger partial charge in [-0.25, -0.2) is 0 Å². The second-order valence-corrected chi connectivity index (χ2v) is 10.9. The first-order valence-electron chi connectivity index (χ1n) is 13.3. The first-order valence-corrected chi connectivity index (χ1v) is 13.3. The largest absolute Gasteiger partial charge is 0.459 e. The van der Waals surface area contributed by atoms with Gasteiger partial charge in [0.2, 0.25) is 5.91 Å². The van der Waals surface area contributed by atoms with Crippen LogP contribution in [0.2, 0.25) is 0 Å². The van der Waals surface area contributed by atoms with E-state index in [0.717, 1.165) is 22.2 Å². The minimum Gasteiger partial charge on any atom is -0.459 e. The number of hydrogen-bond donors (Lipinski definition) is 0. The lowest BCUT2D eigenvalue weighted by Gasteiger charge is -2.26. The van der Waals surface area contributed by atoms with Crippen LogP contribution in [0.15, 0.2) is 78.9 Å². The molecule has 1 aliphatic heterocycles. The Balaban J connectivity index is 1.54. The topological polar surface area (TPSA) is 95.1 Å². The van der Waals surface area contributed by atoms with Crippen molar-refractivity contribution in [1.82, 2.24) is 24.5 Å². The van der Waals surface area contributed by atoms with Gasteiger partial charge in [0.15, 0.2) is 11.6 Å². The SMILES string of the molecule is Cn1nc(CC2C(=O)N(CC(=O)OC(C)(C)C)c3ccccc3-n3c(-c4ccccc4)nnc32)c2ccccc21. The molecule has 1 aliphatic rings. The van der Waals surface area contributed by atoms with E-state index in [2.05, 4.69) is 10.2 Å². The Morgan fingerprint density at radius 2 is 1.57 bits per heavy atom. The average molecular weight is 535 g/mol. The van der Waals surface area contributed by atoms with Crippen molar-refractivity contribution >= 4 is 28.5 Å². The number of para-hydroxylation sites is 3. The van der Waals surface area contributed by atoms with Gasteiger partial charge in [0.1, 0.15) is 18.1 Å².